The molecule has 3 amide bonds. The first kappa shape index (κ1) is 24.9. The van der Waals surface area contributed by atoms with Crippen LogP contribution in [0.15, 0.2) is 24.3 Å². The summed E-state index contributed by atoms with van der Waals surface area (Å²) in [7, 11) is 0. The fourth-order valence-electron chi connectivity index (χ4n) is 3.89. The van der Waals surface area contributed by atoms with Crippen LogP contribution < -0.4 is 10.6 Å². The van der Waals surface area contributed by atoms with Crippen LogP contribution in [0, 0.1) is 18.3 Å². The van der Waals surface area contributed by atoms with Crippen molar-refractivity contribution in [3.8, 4) is 0 Å². The standard InChI is InChI=1S/C25H39N3O3/c1-7-18(3)26-24(31)22(27-23(30)20-10-8-9-17(2)15-20)19-11-13-28(14-12-19)21(29)16-25(4,5)6/h8-10,15,18-19,22H,7,11-14,16H2,1-6H3,(H,26,31)(H,27,30)/t18-,22+/m1/s1. The third-order valence-corrected chi connectivity index (χ3v) is 5.90. The van der Waals surface area contributed by atoms with Crippen molar-refractivity contribution in [3.05, 3.63) is 35.4 Å². The summed E-state index contributed by atoms with van der Waals surface area (Å²) < 4.78 is 0. The zero-order chi connectivity index (χ0) is 23.2. The van der Waals surface area contributed by atoms with E-state index in [1.54, 1.807) is 6.07 Å². The number of nitrogens with one attached hydrogen (secondary N) is 2. The Morgan fingerprint density at radius 3 is 2.32 bits per heavy atom. The fourth-order valence-corrected chi connectivity index (χ4v) is 3.89. The van der Waals surface area contributed by atoms with Crippen LogP contribution in [0.25, 0.3) is 0 Å². The molecule has 0 saturated carbocycles. The van der Waals surface area contributed by atoms with Gasteiger partial charge in [0.25, 0.3) is 5.91 Å². The lowest BCUT2D eigenvalue weighted by Gasteiger charge is -2.37. The molecule has 1 saturated heterocycles. The highest BCUT2D eigenvalue weighted by molar-refractivity contribution is 5.97. The number of hydrogen-bond acceptors (Lipinski definition) is 3. The highest BCUT2D eigenvalue weighted by Gasteiger charge is 2.35. The smallest absolute Gasteiger partial charge is 0.251 e. The molecular weight excluding hydrogens is 390 g/mol. The summed E-state index contributed by atoms with van der Waals surface area (Å²) in [5.74, 6) is -0.221. The zero-order valence-electron chi connectivity index (χ0n) is 20.0. The summed E-state index contributed by atoms with van der Waals surface area (Å²) in [6.45, 7) is 13.3. The number of carbonyl (C=O) groups excluding carboxylic acids is 3. The van der Waals surface area contributed by atoms with Crippen LogP contribution in [-0.4, -0.2) is 47.8 Å². The summed E-state index contributed by atoms with van der Waals surface area (Å²) in [6.07, 6.45) is 2.73. The maximum Gasteiger partial charge on any atom is 0.251 e. The Morgan fingerprint density at radius 2 is 1.77 bits per heavy atom. The number of piperidine rings is 1. The monoisotopic (exact) mass is 429 g/mol. The van der Waals surface area contributed by atoms with Crippen LogP contribution in [0.2, 0.25) is 0 Å². The lowest BCUT2D eigenvalue weighted by atomic mass is 9.87. The van der Waals surface area contributed by atoms with E-state index in [0.717, 1.165) is 12.0 Å². The van der Waals surface area contributed by atoms with Crippen molar-refractivity contribution in [3.63, 3.8) is 0 Å². The first-order valence-corrected chi connectivity index (χ1v) is 11.5. The summed E-state index contributed by atoms with van der Waals surface area (Å²) in [5.41, 5.74) is 1.51. The lowest BCUT2D eigenvalue weighted by molar-refractivity contribution is -0.134. The molecule has 0 unspecified atom stereocenters. The number of benzene rings is 1. The largest absolute Gasteiger partial charge is 0.352 e. The van der Waals surface area contributed by atoms with Gasteiger partial charge in [0.05, 0.1) is 0 Å². The second-order valence-electron chi connectivity index (χ2n) is 10.1. The Kier molecular flexibility index (Phi) is 8.66. The van der Waals surface area contributed by atoms with Gasteiger partial charge in [0.1, 0.15) is 6.04 Å². The Balaban J connectivity index is 2.09. The van der Waals surface area contributed by atoms with Crippen LogP contribution in [0.4, 0.5) is 0 Å². The molecule has 6 nitrogen and oxygen atoms in total. The number of hydrogen-bond donors (Lipinski definition) is 2. The van der Waals surface area contributed by atoms with Crippen LogP contribution in [0.5, 0.6) is 0 Å². The second-order valence-corrected chi connectivity index (χ2v) is 10.1. The normalized spacial score (nSPS) is 17.0. The highest BCUT2D eigenvalue weighted by atomic mass is 16.2. The lowest BCUT2D eigenvalue weighted by Crippen LogP contribution is -2.55. The summed E-state index contributed by atoms with van der Waals surface area (Å²) >= 11 is 0. The first-order chi connectivity index (χ1) is 14.5. The van der Waals surface area contributed by atoms with Gasteiger partial charge in [-0.3, -0.25) is 14.4 Å². The molecule has 1 fully saturated rings. The number of nitrogens with zero attached hydrogens (tertiary/aromatic N) is 1. The first-order valence-electron chi connectivity index (χ1n) is 11.5. The predicted molar refractivity (Wildman–Crippen MR) is 124 cm³/mol. The number of carbonyl (C=O) groups is 3. The molecular formula is C25H39N3O3. The average Bonchev–Trinajstić information content (AvgIpc) is 2.70. The highest BCUT2D eigenvalue weighted by Crippen LogP contribution is 2.25. The van der Waals surface area contributed by atoms with Crippen molar-refractivity contribution in [1.82, 2.24) is 15.5 Å². The molecule has 2 atom stereocenters. The molecule has 1 heterocycles. The molecule has 6 heteroatoms. The molecule has 0 aromatic heterocycles. The van der Waals surface area contributed by atoms with Crippen molar-refractivity contribution in [2.45, 2.75) is 79.3 Å². The third kappa shape index (κ3) is 7.67. The van der Waals surface area contributed by atoms with E-state index < -0.39 is 6.04 Å². The van der Waals surface area contributed by atoms with Crippen molar-refractivity contribution in [1.29, 1.82) is 0 Å². The van der Waals surface area contributed by atoms with Gasteiger partial charge in [0.2, 0.25) is 11.8 Å². The average molecular weight is 430 g/mol. The Hall–Kier alpha value is -2.37. The van der Waals surface area contributed by atoms with E-state index in [0.29, 0.717) is 37.9 Å². The summed E-state index contributed by atoms with van der Waals surface area (Å²) in [4.78, 5) is 40.4. The van der Waals surface area contributed by atoms with E-state index in [9.17, 15) is 14.4 Å². The van der Waals surface area contributed by atoms with E-state index in [1.807, 2.05) is 43.9 Å². The summed E-state index contributed by atoms with van der Waals surface area (Å²) in [6, 6.07) is 6.81. The third-order valence-electron chi connectivity index (χ3n) is 5.90. The maximum absolute atomic E-state index is 13.0. The van der Waals surface area contributed by atoms with Crippen LogP contribution in [0.1, 0.15) is 76.2 Å². The van der Waals surface area contributed by atoms with Crippen molar-refractivity contribution in [2.75, 3.05) is 13.1 Å². The number of likely N-dealkylation sites (tertiary alicyclic amines) is 1. The number of amides is 3. The molecule has 2 rings (SSSR count). The van der Waals surface area contributed by atoms with Gasteiger partial charge in [-0.05, 0) is 56.6 Å². The van der Waals surface area contributed by atoms with Gasteiger partial charge in [0.15, 0.2) is 0 Å². The molecule has 0 radical (unpaired) electrons. The van der Waals surface area contributed by atoms with E-state index >= 15 is 0 Å². The zero-order valence-corrected chi connectivity index (χ0v) is 20.0. The minimum Gasteiger partial charge on any atom is -0.352 e. The summed E-state index contributed by atoms with van der Waals surface area (Å²) in [5, 5.41) is 6.01. The van der Waals surface area contributed by atoms with Gasteiger partial charge >= 0.3 is 0 Å². The van der Waals surface area contributed by atoms with Crippen molar-refractivity contribution < 1.29 is 14.4 Å². The molecule has 0 spiro atoms. The van der Waals surface area contributed by atoms with Gasteiger partial charge in [0, 0.05) is 31.1 Å². The molecule has 0 bridgehead atoms. The minimum atomic E-state index is -0.609. The quantitative estimate of drug-likeness (QED) is 0.694. The molecule has 31 heavy (non-hydrogen) atoms. The van der Waals surface area contributed by atoms with E-state index in [1.165, 1.54) is 0 Å². The Labute approximate surface area is 187 Å². The Morgan fingerprint density at radius 1 is 1.13 bits per heavy atom. The van der Waals surface area contributed by atoms with Crippen molar-refractivity contribution >= 4 is 17.7 Å². The van der Waals surface area contributed by atoms with Crippen molar-refractivity contribution in [2.24, 2.45) is 11.3 Å². The molecule has 0 aliphatic carbocycles. The molecule has 2 N–H and O–H groups in total. The second kappa shape index (κ2) is 10.8. The van der Waals surface area contributed by atoms with E-state index in [2.05, 4.69) is 31.4 Å². The van der Waals surface area contributed by atoms with Gasteiger partial charge in [-0.2, -0.15) is 0 Å². The topological polar surface area (TPSA) is 78.5 Å². The van der Waals surface area contributed by atoms with Gasteiger partial charge < -0.3 is 15.5 Å². The molecule has 1 aromatic carbocycles. The van der Waals surface area contributed by atoms with Gasteiger partial charge in [-0.25, -0.2) is 0 Å². The SMILES string of the molecule is CC[C@@H](C)NC(=O)[C@@H](NC(=O)c1cccc(C)c1)C1CCN(C(=O)CC(C)(C)C)CC1. The van der Waals surface area contributed by atoms with Crippen LogP contribution in [0.3, 0.4) is 0 Å². The molecule has 1 aliphatic heterocycles. The van der Waals surface area contributed by atoms with Crippen LogP contribution in [-0.2, 0) is 9.59 Å². The van der Waals surface area contributed by atoms with E-state index in [-0.39, 0.29) is 35.1 Å². The number of aryl methyl sites for hydroxylation is 1. The van der Waals surface area contributed by atoms with Crippen LogP contribution >= 0.6 is 0 Å². The van der Waals surface area contributed by atoms with Gasteiger partial charge in [-0.1, -0.05) is 45.4 Å². The maximum atomic E-state index is 13.0. The fraction of sp³-hybridized carbons (Fsp3) is 0.640. The molecule has 172 valence electrons. The minimum absolute atomic E-state index is 0.00324. The Bertz CT molecular complexity index is 776. The predicted octanol–water partition coefficient (Wildman–Crippen LogP) is 3.68. The van der Waals surface area contributed by atoms with Gasteiger partial charge in [-0.15, -0.1) is 0 Å². The van der Waals surface area contributed by atoms with E-state index in [4.69, 9.17) is 0 Å². The molecule has 1 aliphatic rings. The molecule has 1 aromatic rings. The number of rotatable bonds is 7.